The number of aryl methyl sites for hydroxylation is 1. The number of rotatable bonds is 3. The van der Waals surface area contributed by atoms with Crippen molar-refractivity contribution in [3.8, 4) is 0 Å². The van der Waals surface area contributed by atoms with Gasteiger partial charge in [-0.25, -0.2) is 9.97 Å². The third-order valence-electron chi connectivity index (χ3n) is 4.74. The van der Waals surface area contributed by atoms with Crippen LogP contribution in [0.4, 0.5) is 0 Å². The van der Waals surface area contributed by atoms with Crippen LogP contribution in [0.5, 0.6) is 0 Å². The van der Waals surface area contributed by atoms with Crippen LogP contribution in [-0.4, -0.2) is 38.8 Å². The van der Waals surface area contributed by atoms with E-state index in [1.54, 1.807) is 6.20 Å². The van der Waals surface area contributed by atoms with Crippen LogP contribution in [0.15, 0.2) is 42.7 Å². The number of fused-ring (bicyclic) bond motifs is 1. The number of amides is 1. The van der Waals surface area contributed by atoms with Crippen LogP contribution in [0.1, 0.15) is 29.4 Å². The van der Waals surface area contributed by atoms with Crippen LogP contribution in [0.25, 0.3) is 10.9 Å². The average molecular weight is 320 g/mol. The number of benzene rings is 1. The number of likely N-dealkylation sites (tertiary alicyclic amines) is 1. The van der Waals surface area contributed by atoms with Crippen molar-refractivity contribution in [3.63, 3.8) is 0 Å². The molecule has 1 aliphatic heterocycles. The van der Waals surface area contributed by atoms with E-state index in [4.69, 9.17) is 0 Å². The minimum Gasteiger partial charge on any atom is -0.361 e. The molecule has 1 N–H and O–H groups in total. The van der Waals surface area contributed by atoms with Crippen molar-refractivity contribution in [1.29, 1.82) is 0 Å². The SMILES string of the molecule is Cc1ccnc(C2CCN(C(=O)Cc3c[nH]c4ccccc34)C2)n1. The van der Waals surface area contributed by atoms with Gasteiger partial charge in [0, 0.05) is 48.0 Å². The molecule has 4 rings (SSSR count). The molecule has 1 saturated heterocycles. The van der Waals surface area contributed by atoms with E-state index >= 15 is 0 Å². The van der Waals surface area contributed by atoms with Gasteiger partial charge in [-0.05, 0) is 31.0 Å². The standard InChI is InChI=1S/C19H20N4O/c1-13-6-8-20-19(22-13)14-7-9-23(12-14)18(24)10-15-11-21-17-5-3-2-4-16(15)17/h2-6,8,11,14,21H,7,9-10,12H2,1H3. The molecule has 1 unspecified atom stereocenters. The van der Waals surface area contributed by atoms with Crippen LogP contribution in [-0.2, 0) is 11.2 Å². The normalized spacial score (nSPS) is 17.5. The van der Waals surface area contributed by atoms with Gasteiger partial charge in [0.1, 0.15) is 5.82 Å². The Hall–Kier alpha value is -2.69. The molecular formula is C19H20N4O. The molecule has 1 aliphatic rings. The largest absolute Gasteiger partial charge is 0.361 e. The topological polar surface area (TPSA) is 61.9 Å². The first-order valence-corrected chi connectivity index (χ1v) is 8.33. The number of carbonyl (C=O) groups excluding carboxylic acids is 1. The van der Waals surface area contributed by atoms with E-state index in [-0.39, 0.29) is 11.8 Å². The summed E-state index contributed by atoms with van der Waals surface area (Å²) in [5, 5.41) is 1.13. The number of aromatic amines is 1. The number of nitrogens with zero attached hydrogens (tertiary/aromatic N) is 3. The second-order valence-electron chi connectivity index (χ2n) is 6.42. The van der Waals surface area contributed by atoms with Gasteiger partial charge in [0.15, 0.2) is 0 Å². The van der Waals surface area contributed by atoms with Crippen LogP contribution >= 0.6 is 0 Å². The quantitative estimate of drug-likeness (QED) is 0.807. The molecular weight excluding hydrogens is 300 g/mol. The molecule has 0 radical (unpaired) electrons. The lowest BCUT2D eigenvalue weighted by atomic mass is 10.1. The fraction of sp³-hybridized carbons (Fsp3) is 0.316. The number of hydrogen-bond donors (Lipinski definition) is 1. The van der Waals surface area contributed by atoms with E-state index < -0.39 is 0 Å². The smallest absolute Gasteiger partial charge is 0.227 e. The summed E-state index contributed by atoms with van der Waals surface area (Å²) in [5.41, 5.74) is 3.11. The summed E-state index contributed by atoms with van der Waals surface area (Å²) in [6, 6.07) is 9.99. The second-order valence-corrected chi connectivity index (χ2v) is 6.42. The highest BCUT2D eigenvalue weighted by Gasteiger charge is 2.29. The summed E-state index contributed by atoms with van der Waals surface area (Å²) in [4.78, 5) is 26.7. The third kappa shape index (κ3) is 2.77. The van der Waals surface area contributed by atoms with Crippen molar-refractivity contribution in [1.82, 2.24) is 19.9 Å². The predicted octanol–water partition coefficient (Wildman–Crippen LogP) is 2.82. The molecule has 3 heterocycles. The van der Waals surface area contributed by atoms with Crippen LogP contribution in [0.2, 0.25) is 0 Å². The second kappa shape index (κ2) is 6.07. The Morgan fingerprint density at radius 3 is 3.08 bits per heavy atom. The van der Waals surface area contributed by atoms with Crippen molar-refractivity contribution in [2.45, 2.75) is 25.7 Å². The van der Waals surface area contributed by atoms with E-state index in [0.717, 1.165) is 41.0 Å². The maximum Gasteiger partial charge on any atom is 0.227 e. The number of para-hydroxylation sites is 1. The minimum atomic E-state index is 0.176. The number of nitrogens with one attached hydrogen (secondary N) is 1. The van der Waals surface area contributed by atoms with E-state index in [2.05, 4.69) is 21.0 Å². The molecule has 0 saturated carbocycles. The first-order valence-electron chi connectivity index (χ1n) is 8.33. The van der Waals surface area contributed by atoms with Crippen molar-refractivity contribution in [3.05, 3.63) is 59.8 Å². The molecule has 1 amide bonds. The van der Waals surface area contributed by atoms with Gasteiger partial charge in [-0.2, -0.15) is 0 Å². The van der Waals surface area contributed by atoms with Crippen LogP contribution in [0, 0.1) is 6.92 Å². The van der Waals surface area contributed by atoms with E-state index in [0.29, 0.717) is 13.0 Å². The van der Waals surface area contributed by atoms with Gasteiger partial charge < -0.3 is 9.88 Å². The molecule has 1 aromatic carbocycles. The van der Waals surface area contributed by atoms with Gasteiger partial charge >= 0.3 is 0 Å². The molecule has 0 bridgehead atoms. The van der Waals surface area contributed by atoms with Crippen molar-refractivity contribution in [2.75, 3.05) is 13.1 Å². The van der Waals surface area contributed by atoms with E-state index in [1.807, 2.05) is 42.3 Å². The van der Waals surface area contributed by atoms with Gasteiger partial charge in [-0.1, -0.05) is 18.2 Å². The van der Waals surface area contributed by atoms with E-state index in [9.17, 15) is 4.79 Å². The highest BCUT2D eigenvalue weighted by atomic mass is 16.2. The highest BCUT2D eigenvalue weighted by molar-refractivity contribution is 5.89. The summed E-state index contributed by atoms with van der Waals surface area (Å²) in [7, 11) is 0. The summed E-state index contributed by atoms with van der Waals surface area (Å²) in [6.45, 7) is 3.47. The Labute approximate surface area is 140 Å². The lowest BCUT2D eigenvalue weighted by Gasteiger charge is -2.16. The van der Waals surface area contributed by atoms with Gasteiger partial charge in [0.05, 0.1) is 6.42 Å². The number of carbonyl (C=O) groups is 1. The Kier molecular flexibility index (Phi) is 3.76. The van der Waals surface area contributed by atoms with Crippen molar-refractivity contribution >= 4 is 16.8 Å². The lowest BCUT2D eigenvalue weighted by Crippen LogP contribution is -2.30. The zero-order valence-electron chi connectivity index (χ0n) is 13.7. The number of hydrogen-bond acceptors (Lipinski definition) is 3. The molecule has 1 atom stereocenters. The summed E-state index contributed by atoms with van der Waals surface area (Å²) in [6.07, 6.45) is 5.11. The van der Waals surface area contributed by atoms with Gasteiger partial charge in [-0.15, -0.1) is 0 Å². The Morgan fingerprint density at radius 2 is 2.21 bits per heavy atom. The molecule has 1 fully saturated rings. The van der Waals surface area contributed by atoms with Crippen molar-refractivity contribution in [2.24, 2.45) is 0 Å². The summed E-state index contributed by atoms with van der Waals surface area (Å²) >= 11 is 0. The maximum atomic E-state index is 12.7. The Bertz CT molecular complexity index is 886. The first kappa shape index (κ1) is 14.9. The Balaban J connectivity index is 1.46. The van der Waals surface area contributed by atoms with Gasteiger partial charge in [-0.3, -0.25) is 4.79 Å². The highest BCUT2D eigenvalue weighted by Crippen LogP contribution is 2.26. The molecule has 0 spiro atoms. The lowest BCUT2D eigenvalue weighted by molar-refractivity contribution is -0.129. The molecule has 5 heteroatoms. The number of H-pyrrole nitrogens is 1. The number of aromatic nitrogens is 3. The van der Waals surface area contributed by atoms with Gasteiger partial charge in [0.2, 0.25) is 5.91 Å². The first-order chi connectivity index (χ1) is 11.7. The van der Waals surface area contributed by atoms with Crippen LogP contribution < -0.4 is 0 Å². The van der Waals surface area contributed by atoms with Gasteiger partial charge in [0.25, 0.3) is 0 Å². The fourth-order valence-electron chi connectivity index (χ4n) is 3.42. The Morgan fingerprint density at radius 1 is 1.33 bits per heavy atom. The molecule has 2 aromatic heterocycles. The molecule has 24 heavy (non-hydrogen) atoms. The zero-order valence-corrected chi connectivity index (χ0v) is 13.7. The average Bonchev–Trinajstić information content (AvgIpc) is 3.23. The predicted molar refractivity (Wildman–Crippen MR) is 92.7 cm³/mol. The van der Waals surface area contributed by atoms with E-state index in [1.165, 1.54) is 0 Å². The monoisotopic (exact) mass is 320 g/mol. The van der Waals surface area contributed by atoms with Crippen molar-refractivity contribution < 1.29 is 4.79 Å². The minimum absolute atomic E-state index is 0.176. The molecule has 3 aromatic rings. The van der Waals surface area contributed by atoms with Crippen LogP contribution in [0.3, 0.4) is 0 Å². The zero-order chi connectivity index (χ0) is 16.5. The molecule has 122 valence electrons. The summed E-state index contributed by atoms with van der Waals surface area (Å²) < 4.78 is 0. The third-order valence-corrected chi connectivity index (χ3v) is 4.74. The maximum absolute atomic E-state index is 12.7. The molecule has 5 nitrogen and oxygen atoms in total. The summed E-state index contributed by atoms with van der Waals surface area (Å²) in [5.74, 6) is 1.28. The molecule has 0 aliphatic carbocycles. The fourth-order valence-corrected chi connectivity index (χ4v) is 3.42.